The van der Waals surface area contributed by atoms with E-state index < -0.39 is 0 Å². The first kappa shape index (κ1) is 27.3. The van der Waals surface area contributed by atoms with Gasteiger partial charge in [-0.05, 0) is 74.5 Å². The van der Waals surface area contributed by atoms with Crippen molar-refractivity contribution in [3.8, 4) is 17.2 Å². The quantitative estimate of drug-likeness (QED) is 0.283. The van der Waals surface area contributed by atoms with E-state index in [1.165, 1.54) is 11.8 Å². The molecule has 0 bridgehead atoms. The molecule has 10 heteroatoms. The molecule has 1 N–H and O–H groups in total. The summed E-state index contributed by atoms with van der Waals surface area (Å²) >= 11 is 1.18. The molecule has 2 heterocycles. The lowest BCUT2D eigenvalue weighted by Gasteiger charge is -2.36. The van der Waals surface area contributed by atoms with Crippen molar-refractivity contribution in [1.29, 1.82) is 0 Å². The molecule has 1 aromatic heterocycles. The topological polar surface area (TPSA) is 101 Å². The summed E-state index contributed by atoms with van der Waals surface area (Å²) in [5, 5.41) is 11.3. The maximum atomic E-state index is 12.8. The number of aryl methyl sites for hydroxylation is 1. The molecule has 0 unspecified atom stereocenters. The average Bonchev–Trinajstić information content (AvgIpc) is 3.46. The summed E-state index contributed by atoms with van der Waals surface area (Å²) in [6.07, 6.45) is 0. The number of carbonyl (C=O) groups excluding carboxylic acids is 2. The van der Waals surface area contributed by atoms with Crippen molar-refractivity contribution < 1.29 is 18.7 Å². The zero-order chi connectivity index (χ0) is 27.9. The minimum absolute atomic E-state index is 0.0727. The van der Waals surface area contributed by atoms with Crippen molar-refractivity contribution in [2.24, 2.45) is 0 Å². The van der Waals surface area contributed by atoms with Gasteiger partial charge in [-0.2, -0.15) is 0 Å². The van der Waals surface area contributed by atoms with Crippen LogP contribution in [-0.4, -0.2) is 65.5 Å². The number of piperazine rings is 1. The molecule has 40 heavy (non-hydrogen) atoms. The smallest absolute Gasteiger partial charge is 0.277 e. The predicted molar refractivity (Wildman–Crippen MR) is 156 cm³/mol. The summed E-state index contributed by atoms with van der Waals surface area (Å²) in [5.41, 5.74) is 4.42. The lowest BCUT2D eigenvalue weighted by molar-refractivity contribution is -0.113. The lowest BCUT2D eigenvalue weighted by Crippen LogP contribution is -2.48. The molecule has 0 spiro atoms. The predicted octanol–water partition coefficient (Wildman–Crippen LogP) is 5.14. The maximum absolute atomic E-state index is 12.8. The molecule has 1 saturated heterocycles. The Morgan fingerprint density at radius 1 is 0.925 bits per heavy atom. The van der Waals surface area contributed by atoms with Gasteiger partial charge in [0.1, 0.15) is 5.75 Å². The number of ether oxygens (including phenoxy) is 1. The monoisotopic (exact) mass is 557 g/mol. The van der Waals surface area contributed by atoms with Crippen LogP contribution in [0.5, 0.6) is 5.75 Å². The molecule has 2 amide bonds. The number of thioether (sulfide) groups is 1. The van der Waals surface area contributed by atoms with Crippen LogP contribution in [-0.2, 0) is 4.79 Å². The van der Waals surface area contributed by atoms with E-state index in [1.54, 1.807) is 0 Å². The summed E-state index contributed by atoms with van der Waals surface area (Å²) in [6, 6.07) is 22.9. The van der Waals surface area contributed by atoms with Crippen LogP contribution in [0, 0.1) is 6.92 Å². The third kappa shape index (κ3) is 6.81. The summed E-state index contributed by atoms with van der Waals surface area (Å²) < 4.78 is 11.1. The third-order valence-electron chi connectivity index (χ3n) is 6.53. The second kappa shape index (κ2) is 12.7. The zero-order valence-electron chi connectivity index (χ0n) is 22.5. The Hall–Kier alpha value is -4.31. The Kier molecular flexibility index (Phi) is 8.65. The minimum Gasteiger partial charge on any atom is -0.494 e. The van der Waals surface area contributed by atoms with E-state index in [1.807, 2.05) is 91.5 Å². The van der Waals surface area contributed by atoms with Gasteiger partial charge in [0, 0.05) is 48.7 Å². The minimum atomic E-state index is -0.165. The van der Waals surface area contributed by atoms with E-state index in [-0.39, 0.29) is 17.6 Å². The highest BCUT2D eigenvalue weighted by molar-refractivity contribution is 7.99. The van der Waals surface area contributed by atoms with Gasteiger partial charge in [0.25, 0.3) is 11.1 Å². The van der Waals surface area contributed by atoms with Crippen LogP contribution >= 0.6 is 11.8 Å². The molecule has 0 saturated carbocycles. The van der Waals surface area contributed by atoms with Crippen molar-refractivity contribution in [3.63, 3.8) is 0 Å². The Bertz CT molecular complexity index is 1430. The highest BCUT2D eigenvalue weighted by atomic mass is 32.2. The van der Waals surface area contributed by atoms with E-state index in [0.717, 1.165) is 41.2 Å². The van der Waals surface area contributed by atoms with Crippen molar-refractivity contribution in [2.75, 3.05) is 48.8 Å². The summed E-state index contributed by atoms with van der Waals surface area (Å²) in [4.78, 5) is 29.4. The highest BCUT2D eigenvalue weighted by Gasteiger charge is 2.22. The lowest BCUT2D eigenvalue weighted by atomic mass is 10.1. The molecule has 1 aliphatic rings. The molecule has 0 aliphatic carbocycles. The second-order valence-corrected chi connectivity index (χ2v) is 10.3. The van der Waals surface area contributed by atoms with Gasteiger partial charge in [-0.3, -0.25) is 9.59 Å². The van der Waals surface area contributed by atoms with Gasteiger partial charge in [0.05, 0.1) is 12.4 Å². The molecular weight excluding hydrogens is 526 g/mol. The van der Waals surface area contributed by atoms with Crippen LogP contribution in [0.15, 0.2) is 82.4 Å². The van der Waals surface area contributed by atoms with Crippen LogP contribution in [0.25, 0.3) is 11.5 Å². The summed E-state index contributed by atoms with van der Waals surface area (Å²) in [5.74, 6) is 1.22. The zero-order valence-corrected chi connectivity index (χ0v) is 23.3. The van der Waals surface area contributed by atoms with Crippen LogP contribution in [0.2, 0.25) is 0 Å². The van der Waals surface area contributed by atoms with Crippen molar-refractivity contribution in [1.82, 2.24) is 15.1 Å². The first-order valence-corrected chi connectivity index (χ1v) is 14.2. The van der Waals surface area contributed by atoms with Gasteiger partial charge >= 0.3 is 0 Å². The number of amides is 2. The molecule has 9 nitrogen and oxygen atoms in total. The molecule has 5 rings (SSSR count). The fourth-order valence-electron chi connectivity index (χ4n) is 4.37. The number of benzene rings is 3. The number of nitrogens with zero attached hydrogens (tertiary/aromatic N) is 4. The molecule has 206 valence electrons. The number of hydrogen-bond acceptors (Lipinski definition) is 8. The van der Waals surface area contributed by atoms with E-state index in [4.69, 9.17) is 9.15 Å². The molecular formula is C30H31N5O4S. The molecule has 0 radical (unpaired) electrons. The summed E-state index contributed by atoms with van der Waals surface area (Å²) in [7, 11) is 0. The van der Waals surface area contributed by atoms with Crippen molar-refractivity contribution in [2.45, 2.75) is 19.1 Å². The number of aromatic nitrogens is 2. The first-order valence-electron chi connectivity index (χ1n) is 13.2. The fraction of sp³-hybridized carbons (Fsp3) is 0.267. The number of nitrogens with one attached hydrogen (secondary N) is 1. The molecule has 3 aromatic carbocycles. The Labute approximate surface area is 237 Å². The van der Waals surface area contributed by atoms with Gasteiger partial charge in [0.2, 0.25) is 11.8 Å². The van der Waals surface area contributed by atoms with Gasteiger partial charge < -0.3 is 24.3 Å². The number of hydrogen-bond donors (Lipinski definition) is 1. The average molecular weight is 558 g/mol. The van der Waals surface area contributed by atoms with E-state index in [2.05, 4.69) is 20.4 Å². The van der Waals surface area contributed by atoms with Gasteiger partial charge in [-0.25, -0.2) is 0 Å². The standard InChI is InChI=1S/C30H31N5O4S/c1-3-38-26-14-8-22(9-15-26)28-32-33-30(39-28)40-20-27(36)31-24-10-12-25(13-11-24)34-16-18-35(19-17-34)29(37)23-6-4-21(2)5-7-23/h4-15H,3,16-20H2,1-2H3,(H,31,36). The Morgan fingerprint density at radius 2 is 1.62 bits per heavy atom. The maximum Gasteiger partial charge on any atom is 0.277 e. The number of anilines is 2. The Morgan fingerprint density at radius 3 is 2.30 bits per heavy atom. The Balaban J connectivity index is 1.07. The number of carbonyl (C=O) groups is 2. The van der Waals surface area contributed by atoms with Crippen LogP contribution in [0.3, 0.4) is 0 Å². The van der Waals surface area contributed by atoms with Crippen LogP contribution in [0.4, 0.5) is 11.4 Å². The molecule has 4 aromatic rings. The van der Waals surface area contributed by atoms with Crippen molar-refractivity contribution >= 4 is 35.0 Å². The normalized spacial score (nSPS) is 13.2. The first-order chi connectivity index (χ1) is 19.5. The van der Waals surface area contributed by atoms with Crippen LogP contribution in [0.1, 0.15) is 22.8 Å². The van der Waals surface area contributed by atoms with Gasteiger partial charge in [-0.15, -0.1) is 10.2 Å². The van der Waals surface area contributed by atoms with E-state index >= 15 is 0 Å². The van der Waals surface area contributed by atoms with E-state index in [9.17, 15) is 9.59 Å². The van der Waals surface area contributed by atoms with Gasteiger partial charge in [-0.1, -0.05) is 29.5 Å². The van der Waals surface area contributed by atoms with Crippen LogP contribution < -0.4 is 15.0 Å². The van der Waals surface area contributed by atoms with E-state index in [0.29, 0.717) is 36.5 Å². The summed E-state index contributed by atoms with van der Waals surface area (Å²) in [6.45, 7) is 7.38. The second-order valence-electron chi connectivity index (χ2n) is 9.36. The van der Waals surface area contributed by atoms with Crippen molar-refractivity contribution in [3.05, 3.63) is 83.9 Å². The SMILES string of the molecule is CCOc1ccc(-c2nnc(SCC(=O)Nc3ccc(N4CCN(C(=O)c5ccc(C)cc5)CC4)cc3)o2)cc1. The largest absolute Gasteiger partial charge is 0.494 e. The number of rotatable bonds is 9. The fourth-order valence-corrected chi connectivity index (χ4v) is 4.93. The molecule has 1 aliphatic heterocycles. The highest BCUT2D eigenvalue weighted by Crippen LogP contribution is 2.25. The molecule has 0 atom stereocenters. The molecule has 1 fully saturated rings. The van der Waals surface area contributed by atoms with Gasteiger partial charge in [0.15, 0.2) is 0 Å². The third-order valence-corrected chi connectivity index (χ3v) is 7.35.